The first kappa shape index (κ1) is 26.8. The molecule has 0 aromatic rings. The molecule has 0 rings (SSSR count). The zero-order valence-corrected chi connectivity index (χ0v) is 18.3. The molecule has 0 fully saturated rings. The van der Waals surface area contributed by atoms with Gasteiger partial charge in [-0.25, -0.2) is 0 Å². The fraction of sp³-hybridized carbons (Fsp3) is 0.833. The van der Waals surface area contributed by atoms with Gasteiger partial charge in [-0.2, -0.15) is 0 Å². The molecule has 28 heavy (non-hydrogen) atoms. The van der Waals surface area contributed by atoms with Crippen LogP contribution in [0.1, 0.15) is 117 Å². The van der Waals surface area contributed by atoms with Crippen LogP contribution in [0.15, 0.2) is 12.2 Å². The summed E-state index contributed by atoms with van der Waals surface area (Å²) in [6, 6.07) is 0. The quantitative estimate of drug-likeness (QED) is 0.183. The summed E-state index contributed by atoms with van der Waals surface area (Å²) in [5.74, 6) is -0.525. The third-order valence-electron chi connectivity index (χ3n) is 5.32. The van der Waals surface area contributed by atoms with Crippen LogP contribution in [0, 0.1) is 5.92 Å². The fourth-order valence-corrected chi connectivity index (χ4v) is 3.44. The lowest BCUT2D eigenvalue weighted by atomic mass is 9.95. The Hall–Kier alpha value is -1.16. The van der Waals surface area contributed by atoms with Gasteiger partial charge in [-0.05, 0) is 51.9 Å². The number of carboxylic acids is 1. The van der Waals surface area contributed by atoms with E-state index >= 15 is 0 Å². The number of Topliss-reactive ketones (excluding diaryl/α,β-unsaturated/α-hetero) is 1. The van der Waals surface area contributed by atoms with Crippen molar-refractivity contribution < 1.29 is 19.8 Å². The fourth-order valence-electron chi connectivity index (χ4n) is 3.44. The smallest absolute Gasteiger partial charge is 0.306 e. The molecular weight excluding hydrogens is 352 g/mol. The van der Waals surface area contributed by atoms with Crippen LogP contribution in [-0.4, -0.2) is 28.1 Å². The minimum Gasteiger partial charge on any atom is -0.481 e. The molecule has 0 saturated carbocycles. The molecule has 1 unspecified atom stereocenters. The minimum atomic E-state index is -0.633. The maximum atomic E-state index is 11.2. The third kappa shape index (κ3) is 18.2. The molecular formula is C24H44O4. The lowest BCUT2D eigenvalue weighted by Crippen LogP contribution is -2.13. The van der Waals surface area contributed by atoms with E-state index in [1.165, 1.54) is 0 Å². The first-order chi connectivity index (χ1) is 13.5. The second-order valence-corrected chi connectivity index (χ2v) is 8.18. The van der Waals surface area contributed by atoms with Gasteiger partial charge in [-0.3, -0.25) is 4.79 Å². The van der Waals surface area contributed by atoms with E-state index in [-0.39, 0.29) is 17.8 Å². The van der Waals surface area contributed by atoms with Crippen molar-refractivity contribution in [3.63, 3.8) is 0 Å². The standard InChI is InChI=1S/C24H44O4/c1-3-4-17-22(24(27)28)18-13-8-6-5-7-9-14-19-23(26)20-15-11-10-12-16-21(2)25/h9,14,22-23,26H,3-8,10-13,15-20H2,1-2H3,(H,27,28)/b14-9-/t22?,23-/m0/s1. The summed E-state index contributed by atoms with van der Waals surface area (Å²) in [7, 11) is 0. The molecule has 0 aromatic carbocycles. The number of carboxylic acid groups (broad SMARTS) is 1. The number of aliphatic hydroxyl groups excluding tert-OH is 1. The summed E-state index contributed by atoms with van der Waals surface area (Å²) in [5, 5.41) is 19.2. The van der Waals surface area contributed by atoms with Crippen LogP contribution < -0.4 is 0 Å². The molecule has 4 heteroatoms. The van der Waals surface area contributed by atoms with Crippen molar-refractivity contribution in [1.82, 2.24) is 0 Å². The number of rotatable bonds is 20. The number of ketones is 1. The summed E-state index contributed by atoms with van der Waals surface area (Å²) in [6.45, 7) is 3.74. The Balaban J connectivity index is 3.51. The molecule has 0 aliphatic heterocycles. The predicted octanol–water partition coefficient (Wildman–Crippen LogP) is 6.45. The highest BCUT2D eigenvalue weighted by molar-refractivity contribution is 5.75. The number of aliphatic hydroxyl groups is 1. The Labute approximate surface area is 172 Å². The molecule has 0 saturated heterocycles. The number of carbonyl (C=O) groups excluding carboxylic acids is 1. The Kier molecular flexibility index (Phi) is 18.4. The molecule has 2 atom stereocenters. The van der Waals surface area contributed by atoms with Crippen molar-refractivity contribution in [2.75, 3.05) is 0 Å². The molecule has 0 bridgehead atoms. The van der Waals surface area contributed by atoms with Gasteiger partial charge >= 0.3 is 5.97 Å². The third-order valence-corrected chi connectivity index (χ3v) is 5.32. The summed E-state index contributed by atoms with van der Waals surface area (Å²) in [4.78, 5) is 22.0. The molecule has 2 N–H and O–H groups in total. The van der Waals surface area contributed by atoms with Crippen LogP contribution in [0.5, 0.6) is 0 Å². The SMILES string of the molecule is CCCCC(CCCCCC/C=C\C[C@H](O)CCCCCCC(C)=O)C(=O)O. The van der Waals surface area contributed by atoms with E-state index < -0.39 is 5.97 Å². The highest BCUT2D eigenvalue weighted by Crippen LogP contribution is 2.18. The van der Waals surface area contributed by atoms with Gasteiger partial charge in [0.25, 0.3) is 0 Å². The normalized spacial score (nSPS) is 13.7. The molecule has 164 valence electrons. The Morgan fingerprint density at radius 3 is 2.07 bits per heavy atom. The number of hydrogen-bond acceptors (Lipinski definition) is 3. The van der Waals surface area contributed by atoms with Crippen molar-refractivity contribution in [2.45, 2.75) is 123 Å². The minimum absolute atomic E-state index is 0.157. The number of allylic oxidation sites excluding steroid dienone is 1. The van der Waals surface area contributed by atoms with E-state index in [0.29, 0.717) is 6.42 Å². The van der Waals surface area contributed by atoms with Crippen LogP contribution in [-0.2, 0) is 9.59 Å². The van der Waals surface area contributed by atoms with Gasteiger partial charge in [0, 0.05) is 6.42 Å². The van der Waals surface area contributed by atoms with Crippen LogP contribution in [0.2, 0.25) is 0 Å². The van der Waals surface area contributed by atoms with Gasteiger partial charge in [0.05, 0.1) is 12.0 Å². The van der Waals surface area contributed by atoms with E-state index in [2.05, 4.69) is 19.1 Å². The number of carbonyl (C=O) groups is 2. The highest BCUT2D eigenvalue weighted by atomic mass is 16.4. The average molecular weight is 397 g/mol. The molecule has 0 aromatic heterocycles. The van der Waals surface area contributed by atoms with Crippen molar-refractivity contribution in [3.05, 3.63) is 12.2 Å². The summed E-state index contributed by atoms with van der Waals surface area (Å²) in [6.07, 6.45) is 19.6. The summed E-state index contributed by atoms with van der Waals surface area (Å²) < 4.78 is 0. The largest absolute Gasteiger partial charge is 0.481 e. The Bertz CT molecular complexity index is 417. The lowest BCUT2D eigenvalue weighted by Gasteiger charge is -2.11. The Morgan fingerprint density at radius 2 is 1.43 bits per heavy atom. The lowest BCUT2D eigenvalue weighted by molar-refractivity contribution is -0.142. The van der Waals surface area contributed by atoms with E-state index in [0.717, 1.165) is 96.3 Å². The van der Waals surface area contributed by atoms with Crippen molar-refractivity contribution >= 4 is 11.8 Å². The second-order valence-electron chi connectivity index (χ2n) is 8.18. The first-order valence-electron chi connectivity index (χ1n) is 11.5. The monoisotopic (exact) mass is 396 g/mol. The molecule has 0 amide bonds. The van der Waals surface area contributed by atoms with E-state index in [4.69, 9.17) is 0 Å². The topological polar surface area (TPSA) is 74.6 Å². The zero-order valence-electron chi connectivity index (χ0n) is 18.3. The van der Waals surface area contributed by atoms with Crippen molar-refractivity contribution in [1.29, 1.82) is 0 Å². The maximum Gasteiger partial charge on any atom is 0.306 e. The van der Waals surface area contributed by atoms with E-state index in [1.807, 2.05) is 0 Å². The second kappa shape index (κ2) is 19.2. The van der Waals surface area contributed by atoms with Gasteiger partial charge in [0.2, 0.25) is 0 Å². The van der Waals surface area contributed by atoms with Gasteiger partial charge in [0.1, 0.15) is 5.78 Å². The molecule has 4 nitrogen and oxygen atoms in total. The van der Waals surface area contributed by atoms with Gasteiger partial charge < -0.3 is 15.0 Å². The van der Waals surface area contributed by atoms with Crippen LogP contribution >= 0.6 is 0 Å². The van der Waals surface area contributed by atoms with Gasteiger partial charge in [-0.15, -0.1) is 0 Å². The van der Waals surface area contributed by atoms with Crippen molar-refractivity contribution in [3.8, 4) is 0 Å². The maximum absolute atomic E-state index is 11.2. The number of hydrogen-bond donors (Lipinski definition) is 2. The molecule has 0 aliphatic rings. The predicted molar refractivity (Wildman–Crippen MR) is 116 cm³/mol. The zero-order chi connectivity index (χ0) is 21.0. The first-order valence-corrected chi connectivity index (χ1v) is 11.5. The van der Waals surface area contributed by atoms with E-state index in [9.17, 15) is 19.8 Å². The molecule has 0 heterocycles. The van der Waals surface area contributed by atoms with Crippen molar-refractivity contribution in [2.24, 2.45) is 5.92 Å². The Morgan fingerprint density at radius 1 is 0.821 bits per heavy atom. The number of unbranched alkanes of at least 4 members (excludes halogenated alkanes) is 8. The van der Waals surface area contributed by atoms with E-state index in [1.54, 1.807) is 6.92 Å². The molecule has 0 spiro atoms. The number of aliphatic carboxylic acids is 1. The summed E-state index contributed by atoms with van der Waals surface area (Å²) in [5.41, 5.74) is 0. The molecule has 0 radical (unpaired) electrons. The van der Waals surface area contributed by atoms with Gasteiger partial charge in [-0.1, -0.05) is 70.4 Å². The highest BCUT2D eigenvalue weighted by Gasteiger charge is 2.15. The van der Waals surface area contributed by atoms with Crippen LogP contribution in [0.4, 0.5) is 0 Å². The van der Waals surface area contributed by atoms with Crippen LogP contribution in [0.25, 0.3) is 0 Å². The van der Waals surface area contributed by atoms with Gasteiger partial charge in [0.15, 0.2) is 0 Å². The summed E-state index contributed by atoms with van der Waals surface area (Å²) >= 11 is 0. The molecule has 0 aliphatic carbocycles. The average Bonchev–Trinajstić information content (AvgIpc) is 2.64. The van der Waals surface area contributed by atoms with Crippen LogP contribution in [0.3, 0.4) is 0 Å².